The summed E-state index contributed by atoms with van der Waals surface area (Å²) < 4.78 is 7.17. The van der Waals surface area contributed by atoms with Crippen LogP contribution >= 0.6 is 0 Å². The van der Waals surface area contributed by atoms with Crippen LogP contribution in [0.5, 0.6) is 0 Å². The van der Waals surface area contributed by atoms with Gasteiger partial charge in [-0.2, -0.15) is 9.97 Å². The van der Waals surface area contributed by atoms with E-state index in [9.17, 15) is 15.3 Å². The lowest BCUT2D eigenvalue weighted by atomic mass is 10.1. The van der Waals surface area contributed by atoms with E-state index in [2.05, 4.69) is 20.3 Å². The number of anilines is 3. The Bertz CT molecular complexity index is 963. The van der Waals surface area contributed by atoms with Crippen molar-refractivity contribution < 1.29 is 20.1 Å². The number of hydrogen-bond acceptors (Lipinski definition) is 9. The number of aliphatic hydroxyl groups is 3. The van der Waals surface area contributed by atoms with Gasteiger partial charge in [-0.25, -0.2) is 4.98 Å². The van der Waals surface area contributed by atoms with Gasteiger partial charge in [0.1, 0.15) is 18.3 Å². The molecule has 1 saturated heterocycles. The number of nitrogens with zero attached hydrogens (tertiary/aromatic N) is 5. The Balaban J connectivity index is 1.79. The Morgan fingerprint density at radius 2 is 1.89 bits per heavy atom. The Morgan fingerprint density at radius 1 is 1.14 bits per heavy atom. The smallest absolute Gasteiger partial charge is 0.231 e. The normalized spacial score (nSPS) is 24.6. The molecule has 10 heteroatoms. The Hall–Kier alpha value is -2.79. The first-order chi connectivity index (χ1) is 13.5. The summed E-state index contributed by atoms with van der Waals surface area (Å²) in [5.41, 5.74) is 1.79. The van der Waals surface area contributed by atoms with Crippen molar-refractivity contribution in [3.05, 3.63) is 36.7 Å². The molecule has 0 spiro atoms. The monoisotopic (exact) mass is 386 g/mol. The summed E-state index contributed by atoms with van der Waals surface area (Å²) in [6, 6.07) is 9.50. The van der Waals surface area contributed by atoms with E-state index in [0.717, 1.165) is 5.69 Å². The van der Waals surface area contributed by atoms with Crippen LogP contribution in [0, 0.1) is 0 Å². The van der Waals surface area contributed by atoms with Gasteiger partial charge >= 0.3 is 0 Å². The third-order valence-corrected chi connectivity index (χ3v) is 4.65. The van der Waals surface area contributed by atoms with Crippen LogP contribution in [-0.4, -0.2) is 73.9 Å². The third-order valence-electron chi connectivity index (χ3n) is 4.65. The summed E-state index contributed by atoms with van der Waals surface area (Å²) in [5, 5.41) is 32.9. The van der Waals surface area contributed by atoms with E-state index < -0.39 is 31.1 Å². The molecule has 1 aromatic carbocycles. The minimum Gasteiger partial charge on any atom is -0.394 e. The molecule has 28 heavy (non-hydrogen) atoms. The maximum absolute atomic E-state index is 10.4. The number of aliphatic hydroxyl groups excluding tert-OH is 3. The predicted octanol–water partition coefficient (Wildman–Crippen LogP) is 0.247. The molecule has 1 aliphatic rings. The van der Waals surface area contributed by atoms with Crippen LogP contribution in [0.2, 0.25) is 0 Å². The zero-order valence-electron chi connectivity index (χ0n) is 15.5. The average molecular weight is 386 g/mol. The number of aromatic nitrogens is 4. The van der Waals surface area contributed by atoms with Crippen molar-refractivity contribution >= 4 is 28.6 Å². The second-order valence-electron chi connectivity index (χ2n) is 6.81. The van der Waals surface area contributed by atoms with Crippen LogP contribution in [0.25, 0.3) is 11.2 Å². The molecule has 0 radical (unpaired) electrons. The minimum atomic E-state index is -1.22. The SMILES string of the molecule is CN(C)c1nc(Nc2ccccc2)nc2c1ncn2[C@@H]1O[C@H](CO)[C@@H](O)[C@H]1O. The first kappa shape index (κ1) is 18.6. The van der Waals surface area contributed by atoms with Gasteiger partial charge < -0.3 is 30.3 Å². The molecule has 1 fully saturated rings. The number of imidazole rings is 1. The van der Waals surface area contributed by atoms with Crippen LogP contribution < -0.4 is 10.2 Å². The molecule has 0 saturated carbocycles. The Labute approximate surface area is 161 Å². The standard InChI is InChI=1S/C18H22N6O4/c1-23(2)15-12-16(22-18(21-15)20-10-6-4-3-5-7-10)24(9-19-12)17-14(27)13(26)11(8-25)28-17/h3-7,9,11,13-14,17,25-27H,8H2,1-2H3,(H,20,21,22)/t11-,13-,14-,17-/m1/s1. The van der Waals surface area contributed by atoms with Crippen molar-refractivity contribution in [2.24, 2.45) is 0 Å². The molecule has 0 bridgehead atoms. The van der Waals surface area contributed by atoms with Gasteiger partial charge in [0.25, 0.3) is 0 Å². The van der Waals surface area contributed by atoms with E-state index in [0.29, 0.717) is 22.9 Å². The van der Waals surface area contributed by atoms with Gasteiger partial charge in [0.2, 0.25) is 5.95 Å². The van der Waals surface area contributed by atoms with E-state index in [4.69, 9.17) is 4.74 Å². The van der Waals surface area contributed by atoms with Crippen LogP contribution in [-0.2, 0) is 4.74 Å². The van der Waals surface area contributed by atoms with Gasteiger partial charge in [0.15, 0.2) is 23.2 Å². The van der Waals surface area contributed by atoms with Crippen LogP contribution in [0.15, 0.2) is 36.7 Å². The average Bonchev–Trinajstić information content (AvgIpc) is 3.23. The molecular formula is C18H22N6O4. The Kier molecular flexibility index (Phi) is 4.85. The number of rotatable bonds is 5. The molecule has 4 N–H and O–H groups in total. The predicted molar refractivity (Wildman–Crippen MR) is 102 cm³/mol. The highest BCUT2D eigenvalue weighted by molar-refractivity contribution is 5.85. The van der Waals surface area contributed by atoms with Crippen molar-refractivity contribution in [1.29, 1.82) is 0 Å². The van der Waals surface area contributed by atoms with E-state index >= 15 is 0 Å². The summed E-state index contributed by atoms with van der Waals surface area (Å²) >= 11 is 0. The lowest BCUT2D eigenvalue weighted by molar-refractivity contribution is -0.0511. The summed E-state index contributed by atoms with van der Waals surface area (Å²) in [6.45, 7) is -0.403. The van der Waals surface area contributed by atoms with Crippen molar-refractivity contribution in [3.8, 4) is 0 Å². The number of nitrogens with one attached hydrogen (secondary N) is 1. The van der Waals surface area contributed by atoms with Crippen LogP contribution in [0.3, 0.4) is 0 Å². The molecule has 0 aliphatic carbocycles. The maximum atomic E-state index is 10.4. The second kappa shape index (κ2) is 7.32. The highest BCUT2D eigenvalue weighted by Gasteiger charge is 2.44. The zero-order valence-corrected chi connectivity index (χ0v) is 15.5. The third kappa shape index (κ3) is 3.16. The van der Waals surface area contributed by atoms with E-state index in [1.54, 1.807) is 4.57 Å². The van der Waals surface area contributed by atoms with Gasteiger partial charge in [-0.1, -0.05) is 18.2 Å². The molecule has 1 aliphatic heterocycles. The fourth-order valence-corrected chi connectivity index (χ4v) is 3.22. The molecular weight excluding hydrogens is 364 g/mol. The fourth-order valence-electron chi connectivity index (χ4n) is 3.22. The fraction of sp³-hybridized carbons (Fsp3) is 0.389. The van der Waals surface area contributed by atoms with Crippen molar-refractivity contribution in [3.63, 3.8) is 0 Å². The summed E-state index contributed by atoms with van der Waals surface area (Å²) in [7, 11) is 3.69. The van der Waals surface area contributed by atoms with Crippen molar-refractivity contribution in [2.45, 2.75) is 24.5 Å². The van der Waals surface area contributed by atoms with E-state index in [1.165, 1.54) is 6.33 Å². The topological polar surface area (TPSA) is 129 Å². The van der Waals surface area contributed by atoms with Gasteiger partial charge in [-0.05, 0) is 12.1 Å². The highest BCUT2D eigenvalue weighted by Crippen LogP contribution is 2.33. The lowest BCUT2D eigenvalue weighted by Crippen LogP contribution is -2.33. The van der Waals surface area contributed by atoms with Gasteiger partial charge in [0, 0.05) is 19.8 Å². The van der Waals surface area contributed by atoms with E-state index in [-0.39, 0.29) is 0 Å². The number of para-hydroxylation sites is 1. The molecule has 0 amide bonds. The quantitative estimate of drug-likeness (QED) is 0.487. The number of ether oxygens (including phenoxy) is 1. The Morgan fingerprint density at radius 3 is 2.54 bits per heavy atom. The number of fused-ring (bicyclic) bond motifs is 1. The number of hydrogen-bond donors (Lipinski definition) is 4. The van der Waals surface area contributed by atoms with E-state index in [1.807, 2.05) is 49.3 Å². The van der Waals surface area contributed by atoms with Crippen molar-refractivity contribution in [2.75, 3.05) is 30.9 Å². The van der Waals surface area contributed by atoms with Crippen LogP contribution in [0.1, 0.15) is 6.23 Å². The molecule has 4 rings (SSSR count). The maximum Gasteiger partial charge on any atom is 0.231 e. The molecule has 0 unspecified atom stereocenters. The summed E-state index contributed by atoms with van der Waals surface area (Å²) in [5.74, 6) is 0.949. The second-order valence-corrected chi connectivity index (χ2v) is 6.81. The first-order valence-corrected chi connectivity index (χ1v) is 8.86. The molecule has 3 aromatic rings. The molecule has 2 aromatic heterocycles. The molecule has 10 nitrogen and oxygen atoms in total. The minimum absolute atomic E-state index is 0.357. The molecule has 3 heterocycles. The van der Waals surface area contributed by atoms with Crippen molar-refractivity contribution in [1.82, 2.24) is 19.5 Å². The summed E-state index contributed by atoms with van der Waals surface area (Å²) in [4.78, 5) is 15.3. The highest BCUT2D eigenvalue weighted by atomic mass is 16.6. The van der Waals surface area contributed by atoms with Gasteiger partial charge in [-0.3, -0.25) is 4.57 Å². The molecule has 4 atom stereocenters. The summed E-state index contributed by atoms with van der Waals surface area (Å²) in [6.07, 6.45) is -2.75. The van der Waals surface area contributed by atoms with Crippen LogP contribution in [0.4, 0.5) is 17.5 Å². The first-order valence-electron chi connectivity index (χ1n) is 8.86. The molecule has 148 valence electrons. The largest absolute Gasteiger partial charge is 0.394 e. The van der Waals surface area contributed by atoms with Gasteiger partial charge in [-0.15, -0.1) is 0 Å². The zero-order chi connectivity index (χ0) is 19.8. The lowest BCUT2D eigenvalue weighted by Gasteiger charge is -2.18. The number of benzene rings is 1. The van der Waals surface area contributed by atoms with Gasteiger partial charge in [0.05, 0.1) is 12.9 Å².